The molecular formula is C16H36BrNO3. The Labute approximate surface area is 141 Å². The third-order valence-corrected chi connectivity index (χ3v) is 3.94. The van der Waals surface area contributed by atoms with Gasteiger partial charge >= 0.3 is 0 Å². The van der Waals surface area contributed by atoms with Gasteiger partial charge in [0.15, 0.2) is 0 Å². The topological polar surface area (TPSA) is 72.7 Å². The molecule has 0 spiro atoms. The number of aliphatic hydroxyl groups is 3. The standard InChI is InChI=1S/C16H35NO3.BrH/c1-2-3-4-5-6-7-8-9-10-11-12-17-16(13-18,14-19)15-20;/h17-20H,2-15H2,1H3;1H. The molecule has 0 fully saturated rings. The third kappa shape index (κ3) is 12.5. The van der Waals surface area contributed by atoms with Crippen molar-refractivity contribution in [3.63, 3.8) is 0 Å². The van der Waals surface area contributed by atoms with Crippen molar-refractivity contribution >= 4 is 17.0 Å². The van der Waals surface area contributed by atoms with Crippen LogP contribution >= 0.6 is 17.0 Å². The fourth-order valence-corrected chi connectivity index (χ4v) is 2.28. The number of hydrogen-bond donors (Lipinski definition) is 4. The van der Waals surface area contributed by atoms with Crippen molar-refractivity contribution in [3.05, 3.63) is 0 Å². The number of nitrogens with one attached hydrogen (secondary N) is 1. The molecule has 0 amide bonds. The molecule has 0 aliphatic carbocycles. The zero-order valence-corrected chi connectivity index (χ0v) is 15.4. The van der Waals surface area contributed by atoms with E-state index >= 15 is 0 Å². The van der Waals surface area contributed by atoms with Crippen molar-refractivity contribution in [2.45, 2.75) is 76.7 Å². The summed E-state index contributed by atoms with van der Waals surface area (Å²) in [4.78, 5) is 0. The van der Waals surface area contributed by atoms with Gasteiger partial charge in [-0.05, 0) is 13.0 Å². The average molecular weight is 370 g/mol. The minimum atomic E-state index is -0.917. The van der Waals surface area contributed by atoms with Crippen molar-refractivity contribution < 1.29 is 15.3 Å². The Morgan fingerprint density at radius 1 is 0.667 bits per heavy atom. The Hall–Kier alpha value is 0.320. The Balaban J connectivity index is 0. The van der Waals surface area contributed by atoms with Crippen LogP contribution in [0.3, 0.4) is 0 Å². The van der Waals surface area contributed by atoms with Gasteiger partial charge in [-0.2, -0.15) is 0 Å². The van der Waals surface area contributed by atoms with Gasteiger partial charge in [0, 0.05) is 0 Å². The van der Waals surface area contributed by atoms with Crippen LogP contribution in [0.1, 0.15) is 71.1 Å². The second kappa shape index (κ2) is 16.7. The van der Waals surface area contributed by atoms with Crippen LogP contribution in [-0.4, -0.2) is 47.2 Å². The molecule has 21 heavy (non-hydrogen) atoms. The van der Waals surface area contributed by atoms with Crippen LogP contribution in [0, 0.1) is 0 Å². The molecule has 0 unspecified atom stereocenters. The Bertz CT molecular complexity index is 194. The lowest BCUT2D eigenvalue weighted by Gasteiger charge is -2.28. The largest absolute Gasteiger partial charge is 0.394 e. The van der Waals surface area contributed by atoms with E-state index in [-0.39, 0.29) is 36.8 Å². The quantitative estimate of drug-likeness (QED) is 0.335. The lowest BCUT2D eigenvalue weighted by Crippen LogP contribution is -2.55. The van der Waals surface area contributed by atoms with E-state index in [4.69, 9.17) is 15.3 Å². The highest BCUT2D eigenvalue weighted by molar-refractivity contribution is 8.93. The lowest BCUT2D eigenvalue weighted by atomic mass is 10.0. The first-order chi connectivity index (χ1) is 9.74. The zero-order chi connectivity index (χ0) is 15.1. The number of unbranched alkanes of at least 4 members (excludes halogenated alkanes) is 9. The van der Waals surface area contributed by atoms with Gasteiger partial charge in [0.25, 0.3) is 0 Å². The first-order valence-electron chi connectivity index (χ1n) is 8.32. The molecule has 5 heteroatoms. The summed E-state index contributed by atoms with van der Waals surface area (Å²) in [6.45, 7) is 2.26. The summed E-state index contributed by atoms with van der Waals surface area (Å²) < 4.78 is 0. The van der Waals surface area contributed by atoms with Crippen molar-refractivity contribution in [1.29, 1.82) is 0 Å². The van der Waals surface area contributed by atoms with Crippen molar-refractivity contribution in [1.82, 2.24) is 5.32 Å². The molecule has 0 radical (unpaired) electrons. The summed E-state index contributed by atoms with van der Waals surface area (Å²) in [7, 11) is 0. The van der Waals surface area contributed by atoms with Gasteiger partial charge in [-0.1, -0.05) is 64.7 Å². The van der Waals surface area contributed by atoms with Crippen LogP contribution in [0.25, 0.3) is 0 Å². The summed E-state index contributed by atoms with van der Waals surface area (Å²) in [5.41, 5.74) is -0.917. The maximum Gasteiger partial charge on any atom is 0.0881 e. The first kappa shape index (κ1) is 23.6. The Morgan fingerprint density at radius 3 is 1.43 bits per heavy atom. The minimum Gasteiger partial charge on any atom is -0.394 e. The van der Waals surface area contributed by atoms with Gasteiger partial charge in [-0.25, -0.2) is 0 Å². The molecular weight excluding hydrogens is 334 g/mol. The Kier molecular flexibility index (Phi) is 18.7. The highest BCUT2D eigenvalue weighted by Crippen LogP contribution is 2.10. The second-order valence-electron chi connectivity index (χ2n) is 5.86. The summed E-state index contributed by atoms with van der Waals surface area (Å²) in [5, 5.41) is 30.5. The predicted octanol–water partition coefficient (Wildman–Crippen LogP) is 2.79. The highest BCUT2D eigenvalue weighted by Gasteiger charge is 2.26. The van der Waals surface area contributed by atoms with Crippen LogP contribution in [-0.2, 0) is 0 Å². The van der Waals surface area contributed by atoms with E-state index in [0.29, 0.717) is 0 Å². The molecule has 0 aromatic rings. The lowest BCUT2D eigenvalue weighted by molar-refractivity contribution is 0.0425. The molecule has 130 valence electrons. The monoisotopic (exact) mass is 369 g/mol. The van der Waals surface area contributed by atoms with Crippen molar-refractivity contribution in [2.24, 2.45) is 0 Å². The molecule has 4 nitrogen and oxygen atoms in total. The van der Waals surface area contributed by atoms with Crippen LogP contribution < -0.4 is 5.32 Å². The van der Waals surface area contributed by atoms with Crippen LogP contribution in [0.4, 0.5) is 0 Å². The molecule has 0 aliphatic rings. The summed E-state index contributed by atoms with van der Waals surface area (Å²) >= 11 is 0. The summed E-state index contributed by atoms with van der Waals surface area (Å²) in [5.74, 6) is 0. The van der Waals surface area contributed by atoms with E-state index in [1.807, 2.05) is 0 Å². The van der Waals surface area contributed by atoms with Gasteiger partial charge in [0.1, 0.15) is 0 Å². The smallest absolute Gasteiger partial charge is 0.0881 e. The van der Waals surface area contributed by atoms with Gasteiger partial charge in [0.2, 0.25) is 0 Å². The molecule has 0 atom stereocenters. The maximum atomic E-state index is 9.16. The number of rotatable bonds is 15. The summed E-state index contributed by atoms with van der Waals surface area (Å²) in [6.07, 6.45) is 12.9. The second-order valence-corrected chi connectivity index (χ2v) is 5.86. The summed E-state index contributed by atoms with van der Waals surface area (Å²) in [6, 6.07) is 0. The van der Waals surface area contributed by atoms with Crippen LogP contribution in [0.5, 0.6) is 0 Å². The van der Waals surface area contributed by atoms with E-state index < -0.39 is 5.54 Å². The van der Waals surface area contributed by atoms with Gasteiger partial charge in [-0.15, -0.1) is 17.0 Å². The molecule has 0 aromatic carbocycles. The van der Waals surface area contributed by atoms with Gasteiger partial charge < -0.3 is 20.6 Å². The van der Waals surface area contributed by atoms with Gasteiger partial charge in [0.05, 0.1) is 25.4 Å². The van der Waals surface area contributed by atoms with Crippen molar-refractivity contribution in [2.75, 3.05) is 26.4 Å². The van der Waals surface area contributed by atoms with E-state index in [2.05, 4.69) is 12.2 Å². The first-order valence-corrected chi connectivity index (χ1v) is 8.32. The zero-order valence-electron chi connectivity index (χ0n) is 13.6. The van der Waals surface area contributed by atoms with Gasteiger partial charge in [-0.3, -0.25) is 0 Å². The molecule has 0 rings (SSSR count). The average Bonchev–Trinajstić information content (AvgIpc) is 2.49. The van der Waals surface area contributed by atoms with E-state index in [1.54, 1.807) is 0 Å². The molecule has 0 saturated carbocycles. The van der Waals surface area contributed by atoms with Crippen LogP contribution in [0.15, 0.2) is 0 Å². The molecule has 0 aliphatic heterocycles. The minimum absolute atomic E-state index is 0. The van der Waals surface area contributed by atoms with Crippen LogP contribution in [0.2, 0.25) is 0 Å². The van der Waals surface area contributed by atoms with E-state index in [9.17, 15) is 0 Å². The SMILES string of the molecule is Br.CCCCCCCCCCCCNC(CO)(CO)CO. The number of hydrogen-bond acceptors (Lipinski definition) is 4. The fourth-order valence-electron chi connectivity index (χ4n) is 2.28. The molecule has 0 saturated heterocycles. The van der Waals surface area contributed by atoms with Crippen molar-refractivity contribution in [3.8, 4) is 0 Å². The number of halogens is 1. The molecule has 0 aromatic heterocycles. The fraction of sp³-hybridized carbons (Fsp3) is 1.00. The molecule has 0 heterocycles. The number of aliphatic hydroxyl groups excluding tert-OH is 3. The van der Waals surface area contributed by atoms with E-state index in [1.165, 1.54) is 57.8 Å². The van der Waals surface area contributed by atoms with E-state index in [0.717, 1.165) is 13.0 Å². The predicted molar refractivity (Wildman–Crippen MR) is 94.2 cm³/mol. The Morgan fingerprint density at radius 2 is 1.05 bits per heavy atom. The maximum absolute atomic E-state index is 9.16. The highest BCUT2D eigenvalue weighted by atomic mass is 79.9. The third-order valence-electron chi connectivity index (χ3n) is 3.94. The molecule has 4 N–H and O–H groups in total. The normalized spacial score (nSPS) is 11.4. The molecule has 0 bridgehead atoms.